The Labute approximate surface area is 72.6 Å². The Balaban J connectivity index is 2.44. The average Bonchev–Trinajstić information content (AvgIpc) is 2.31. The minimum absolute atomic E-state index is 0.340. The van der Waals surface area contributed by atoms with Gasteiger partial charge in [0.15, 0.2) is 0 Å². The molecular formula is C9H15N3. The first-order valence-corrected chi connectivity index (χ1v) is 4.45. The van der Waals surface area contributed by atoms with Gasteiger partial charge in [-0.25, -0.2) is 4.98 Å². The molecule has 1 heterocycles. The highest BCUT2D eigenvalue weighted by Gasteiger charge is 2.20. The van der Waals surface area contributed by atoms with Gasteiger partial charge in [-0.2, -0.15) is 0 Å². The van der Waals surface area contributed by atoms with Gasteiger partial charge in [-0.05, 0) is 19.8 Å². The molecule has 1 atom stereocenters. The first kappa shape index (κ1) is 7.80. The van der Waals surface area contributed by atoms with Gasteiger partial charge < -0.3 is 10.3 Å². The number of hydrogen-bond acceptors (Lipinski definition) is 2. The molecule has 0 aromatic carbocycles. The molecule has 0 fully saturated rings. The SMILES string of the molecule is Cc1nc2c(n1C)CC(N)CC2. The van der Waals surface area contributed by atoms with Crippen molar-refractivity contribution in [2.45, 2.75) is 32.2 Å². The number of hydrogen-bond donors (Lipinski definition) is 1. The van der Waals surface area contributed by atoms with Crippen LogP contribution >= 0.6 is 0 Å². The Hall–Kier alpha value is -0.830. The molecule has 0 spiro atoms. The molecule has 1 aliphatic rings. The molecule has 1 aromatic rings. The summed E-state index contributed by atoms with van der Waals surface area (Å²) in [6, 6.07) is 0.340. The Morgan fingerprint density at radius 3 is 3.08 bits per heavy atom. The molecule has 3 nitrogen and oxygen atoms in total. The molecule has 0 saturated carbocycles. The molecule has 0 amide bonds. The van der Waals surface area contributed by atoms with E-state index in [1.165, 1.54) is 11.4 Å². The van der Waals surface area contributed by atoms with Gasteiger partial charge in [0.05, 0.1) is 5.69 Å². The highest BCUT2D eigenvalue weighted by atomic mass is 15.1. The highest BCUT2D eigenvalue weighted by molar-refractivity contribution is 5.21. The highest BCUT2D eigenvalue weighted by Crippen LogP contribution is 2.20. The fourth-order valence-electron chi connectivity index (χ4n) is 1.85. The molecule has 1 aliphatic carbocycles. The second-order valence-corrected chi connectivity index (χ2v) is 3.61. The fourth-order valence-corrected chi connectivity index (χ4v) is 1.85. The summed E-state index contributed by atoms with van der Waals surface area (Å²) in [5, 5.41) is 0. The number of nitrogens with two attached hydrogens (primary N) is 1. The lowest BCUT2D eigenvalue weighted by Gasteiger charge is -2.18. The maximum absolute atomic E-state index is 5.89. The van der Waals surface area contributed by atoms with E-state index in [1.54, 1.807) is 0 Å². The molecule has 0 radical (unpaired) electrons. The van der Waals surface area contributed by atoms with E-state index in [0.717, 1.165) is 25.1 Å². The van der Waals surface area contributed by atoms with Crippen molar-refractivity contribution in [3.63, 3.8) is 0 Å². The number of aromatic nitrogens is 2. The van der Waals surface area contributed by atoms with Crippen LogP contribution in [0.15, 0.2) is 0 Å². The summed E-state index contributed by atoms with van der Waals surface area (Å²) in [6.07, 6.45) is 3.13. The molecule has 0 aliphatic heterocycles. The lowest BCUT2D eigenvalue weighted by Crippen LogP contribution is -2.28. The molecule has 1 aromatic heterocycles. The van der Waals surface area contributed by atoms with Crippen molar-refractivity contribution in [3.8, 4) is 0 Å². The van der Waals surface area contributed by atoms with E-state index in [1.807, 2.05) is 6.92 Å². The van der Waals surface area contributed by atoms with Crippen LogP contribution in [0.4, 0.5) is 0 Å². The van der Waals surface area contributed by atoms with Crippen molar-refractivity contribution in [3.05, 3.63) is 17.2 Å². The molecule has 1 unspecified atom stereocenters. The van der Waals surface area contributed by atoms with Gasteiger partial charge in [0.1, 0.15) is 5.82 Å². The van der Waals surface area contributed by atoms with Crippen LogP contribution in [0.2, 0.25) is 0 Å². The maximum Gasteiger partial charge on any atom is 0.105 e. The van der Waals surface area contributed by atoms with E-state index in [4.69, 9.17) is 5.73 Å². The lowest BCUT2D eigenvalue weighted by molar-refractivity contribution is 0.551. The minimum atomic E-state index is 0.340. The largest absolute Gasteiger partial charge is 0.335 e. The van der Waals surface area contributed by atoms with Crippen LogP contribution in [-0.4, -0.2) is 15.6 Å². The third-order valence-electron chi connectivity index (χ3n) is 2.73. The van der Waals surface area contributed by atoms with E-state index in [9.17, 15) is 0 Å². The maximum atomic E-state index is 5.89. The first-order chi connectivity index (χ1) is 5.68. The lowest BCUT2D eigenvalue weighted by atomic mass is 9.97. The van der Waals surface area contributed by atoms with Crippen LogP contribution in [-0.2, 0) is 19.9 Å². The molecule has 12 heavy (non-hydrogen) atoms. The van der Waals surface area contributed by atoms with Gasteiger partial charge >= 0.3 is 0 Å². The van der Waals surface area contributed by atoms with E-state index in [-0.39, 0.29) is 0 Å². The predicted octanol–water partition coefficient (Wildman–Crippen LogP) is 0.545. The van der Waals surface area contributed by atoms with Gasteiger partial charge in [0.2, 0.25) is 0 Å². The van der Waals surface area contributed by atoms with Crippen molar-refractivity contribution >= 4 is 0 Å². The number of aryl methyl sites for hydroxylation is 2. The normalized spacial score (nSPS) is 22.4. The summed E-state index contributed by atoms with van der Waals surface area (Å²) in [5.41, 5.74) is 8.49. The summed E-state index contributed by atoms with van der Waals surface area (Å²) >= 11 is 0. The average molecular weight is 165 g/mol. The smallest absolute Gasteiger partial charge is 0.105 e. The summed E-state index contributed by atoms with van der Waals surface area (Å²) in [6.45, 7) is 2.05. The van der Waals surface area contributed by atoms with Crippen LogP contribution in [0.5, 0.6) is 0 Å². The molecular weight excluding hydrogens is 150 g/mol. The topological polar surface area (TPSA) is 43.8 Å². The summed E-state index contributed by atoms with van der Waals surface area (Å²) in [7, 11) is 2.07. The summed E-state index contributed by atoms with van der Waals surface area (Å²) in [4.78, 5) is 4.49. The van der Waals surface area contributed by atoms with E-state index in [2.05, 4.69) is 16.6 Å². The molecule has 3 heteroatoms. The Morgan fingerprint density at radius 2 is 2.33 bits per heavy atom. The third-order valence-corrected chi connectivity index (χ3v) is 2.73. The van der Waals surface area contributed by atoms with Gasteiger partial charge in [-0.15, -0.1) is 0 Å². The van der Waals surface area contributed by atoms with E-state index in [0.29, 0.717) is 6.04 Å². The quantitative estimate of drug-likeness (QED) is 0.610. The van der Waals surface area contributed by atoms with Crippen LogP contribution in [0.25, 0.3) is 0 Å². The Kier molecular flexibility index (Phi) is 1.68. The number of imidazole rings is 1. The monoisotopic (exact) mass is 165 g/mol. The van der Waals surface area contributed by atoms with Gasteiger partial charge in [-0.3, -0.25) is 0 Å². The molecule has 66 valence electrons. The number of fused-ring (bicyclic) bond motifs is 1. The molecule has 2 N–H and O–H groups in total. The standard InChI is InChI=1S/C9H15N3/c1-6-11-8-4-3-7(10)5-9(8)12(6)2/h7H,3-5,10H2,1-2H3. The zero-order valence-corrected chi connectivity index (χ0v) is 7.67. The van der Waals surface area contributed by atoms with Crippen LogP contribution in [0.1, 0.15) is 23.6 Å². The van der Waals surface area contributed by atoms with Crippen molar-refractivity contribution in [1.82, 2.24) is 9.55 Å². The third kappa shape index (κ3) is 1.05. The van der Waals surface area contributed by atoms with Crippen molar-refractivity contribution in [1.29, 1.82) is 0 Å². The predicted molar refractivity (Wildman–Crippen MR) is 47.9 cm³/mol. The molecule has 0 bridgehead atoms. The summed E-state index contributed by atoms with van der Waals surface area (Å²) < 4.78 is 2.16. The minimum Gasteiger partial charge on any atom is -0.335 e. The molecule has 0 saturated heterocycles. The van der Waals surface area contributed by atoms with E-state index >= 15 is 0 Å². The second-order valence-electron chi connectivity index (χ2n) is 3.61. The summed E-state index contributed by atoms with van der Waals surface area (Å²) in [5.74, 6) is 1.11. The van der Waals surface area contributed by atoms with Crippen molar-refractivity contribution in [2.75, 3.05) is 0 Å². The number of rotatable bonds is 0. The fraction of sp³-hybridized carbons (Fsp3) is 0.667. The Bertz CT molecular complexity index is 301. The van der Waals surface area contributed by atoms with E-state index < -0.39 is 0 Å². The zero-order chi connectivity index (χ0) is 8.72. The van der Waals surface area contributed by atoms with Gasteiger partial charge in [0, 0.05) is 25.2 Å². The van der Waals surface area contributed by atoms with Crippen molar-refractivity contribution < 1.29 is 0 Å². The molecule has 2 rings (SSSR count). The van der Waals surface area contributed by atoms with Gasteiger partial charge in [0.25, 0.3) is 0 Å². The van der Waals surface area contributed by atoms with Crippen molar-refractivity contribution in [2.24, 2.45) is 12.8 Å². The zero-order valence-electron chi connectivity index (χ0n) is 7.67. The van der Waals surface area contributed by atoms with Gasteiger partial charge in [-0.1, -0.05) is 0 Å². The second kappa shape index (κ2) is 2.59. The van der Waals surface area contributed by atoms with Crippen LogP contribution < -0.4 is 5.73 Å². The number of nitrogens with zero attached hydrogens (tertiary/aromatic N) is 2. The van der Waals surface area contributed by atoms with Crippen LogP contribution in [0.3, 0.4) is 0 Å². The Morgan fingerprint density at radius 1 is 1.58 bits per heavy atom. The van der Waals surface area contributed by atoms with Crippen LogP contribution in [0, 0.1) is 6.92 Å². The first-order valence-electron chi connectivity index (χ1n) is 4.45.